The third kappa shape index (κ3) is 4.18. The van der Waals surface area contributed by atoms with Crippen molar-refractivity contribution in [2.45, 2.75) is 26.7 Å². The van der Waals surface area contributed by atoms with E-state index in [1.807, 2.05) is 23.1 Å². The number of hydrogen-bond donors (Lipinski definition) is 0. The molecule has 0 bridgehead atoms. The van der Waals surface area contributed by atoms with E-state index in [4.69, 9.17) is 4.74 Å². The van der Waals surface area contributed by atoms with Crippen molar-refractivity contribution in [1.29, 1.82) is 0 Å². The summed E-state index contributed by atoms with van der Waals surface area (Å²) in [5.41, 5.74) is 4.93. The molecule has 0 spiro atoms. The van der Waals surface area contributed by atoms with E-state index in [9.17, 15) is 4.79 Å². The summed E-state index contributed by atoms with van der Waals surface area (Å²) < 4.78 is 5.46. The standard InChI is InChI=1S/C22H28N2O2/c1-17-8-9-19(18(2)16-17)10-11-22(25)24-14-12-23(13-15-24)20-6-4-5-7-21(20)26-3/h4-9,16H,10-15H2,1-3H3. The van der Waals surface area contributed by atoms with E-state index < -0.39 is 0 Å². The van der Waals surface area contributed by atoms with Crippen LogP contribution in [0.3, 0.4) is 0 Å². The van der Waals surface area contributed by atoms with Crippen LogP contribution in [0, 0.1) is 13.8 Å². The van der Waals surface area contributed by atoms with Crippen LogP contribution in [0.25, 0.3) is 0 Å². The SMILES string of the molecule is COc1ccccc1N1CCN(C(=O)CCc2ccc(C)cc2C)CC1. The third-order valence-electron chi connectivity index (χ3n) is 5.16. The van der Waals surface area contributed by atoms with Crippen molar-refractivity contribution in [1.82, 2.24) is 4.90 Å². The number of para-hydroxylation sites is 2. The predicted octanol–water partition coefficient (Wildman–Crippen LogP) is 3.59. The number of hydrogen-bond acceptors (Lipinski definition) is 3. The number of benzene rings is 2. The van der Waals surface area contributed by atoms with Crippen molar-refractivity contribution >= 4 is 11.6 Å². The van der Waals surface area contributed by atoms with Crippen LogP contribution in [0.2, 0.25) is 0 Å². The lowest BCUT2D eigenvalue weighted by Gasteiger charge is -2.36. The molecule has 0 N–H and O–H groups in total. The van der Waals surface area contributed by atoms with Gasteiger partial charge in [-0.15, -0.1) is 0 Å². The predicted molar refractivity (Wildman–Crippen MR) is 106 cm³/mol. The van der Waals surface area contributed by atoms with Crippen LogP contribution in [-0.2, 0) is 11.2 Å². The zero-order valence-corrected chi connectivity index (χ0v) is 16.0. The molecule has 0 saturated carbocycles. The minimum Gasteiger partial charge on any atom is -0.495 e. The summed E-state index contributed by atoms with van der Waals surface area (Å²) in [6.45, 7) is 7.45. The van der Waals surface area contributed by atoms with Gasteiger partial charge in [0, 0.05) is 32.6 Å². The van der Waals surface area contributed by atoms with Gasteiger partial charge in [0.15, 0.2) is 0 Å². The van der Waals surface area contributed by atoms with Crippen LogP contribution < -0.4 is 9.64 Å². The van der Waals surface area contributed by atoms with Crippen LogP contribution in [0.5, 0.6) is 5.75 Å². The maximum atomic E-state index is 12.6. The first-order chi connectivity index (χ1) is 12.6. The Kier molecular flexibility index (Phi) is 5.82. The van der Waals surface area contributed by atoms with Crippen LogP contribution in [-0.4, -0.2) is 44.1 Å². The quantitative estimate of drug-likeness (QED) is 0.824. The number of aryl methyl sites for hydroxylation is 3. The number of anilines is 1. The maximum absolute atomic E-state index is 12.6. The normalized spacial score (nSPS) is 14.4. The molecule has 0 aliphatic carbocycles. The summed E-state index contributed by atoms with van der Waals surface area (Å²) >= 11 is 0. The molecular formula is C22H28N2O2. The molecule has 2 aromatic rings. The third-order valence-corrected chi connectivity index (χ3v) is 5.16. The average molecular weight is 352 g/mol. The largest absolute Gasteiger partial charge is 0.495 e. The molecule has 138 valence electrons. The van der Waals surface area contributed by atoms with Gasteiger partial charge in [-0.3, -0.25) is 4.79 Å². The Bertz CT molecular complexity index is 764. The van der Waals surface area contributed by atoms with Crippen molar-refractivity contribution in [2.24, 2.45) is 0 Å². The molecule has 0 aromatic heterocycles. The van der Waals surface area contributed by atoms with Crippen LogP contribution in [0.1, 0.15) is 23.1 Å². The number of rotatable bonds is 5. The Labute approximate surface area is 156 Å². The molecule has 0 unspecified atom stereocenters. The maximum Gasteiger partial charge on any atom is 0.223 e. The fourth-order valence-corrected chi connectivity index (χ4v) is 3.61. The molecule has 1 fully saturated rings. The number of ether oxygens (including phenoxy) is 1. The van der Waals surface area contributed by atoms with Gasteiger partial charge in [0.1, 0.15) is 5.75 Å². The van der Waals surface area contributed by atoms with Gasteiger partial charge in [0.05, 0.1) is 12.8 Å². The second-order valence-corrected chi connectivity index (χ2v) is 6.97. The highest BCUT2D eigenvalue weighted by atomic mass is 16.5. The number of carbonyl (C=O) groups excluding carboxylic acids is 1. The van der Waals surface area contributed by atoms with Crippen LogP contribution in [0.15, 0.2) is 42.5 Å². The van der Waals surface area contributed by atoms with E-state index in [0.717, 1.165) is 44.0 Å². The molecule has 1 amide bonds. The summed E-state index contributed by atoms with van der Waals surface area (Å²) in [7, 11) is 1.70. The molecular weight excluding hydrogens is 324 g/mol. The fourth-order valence-electron chi connectivity index (χ4n) is 3.61. The monoisotopic (exact) mass is 352 g/mol. The molecule has 0 atom stereocenters. The highest BCUT2D eigenvalue weighted by molar-refractivity contribution is 5.77. The van der Waals surface area contributed by atoms with Gasteiger partial charge in [-0.1, -0.05) is 35.9 Å². The summed E-state index contributed by atoms with van der Waals surface area (Å²) in [4.78, 5) is 16.9. The topological polar surface area (TPSA) is 32.8 Å². The van der Waals surface area contributed by atoms with Crippen molar-refractivity contribution in [3.63, 3.8) is 0 Å². The number of carbonyl (C=O) groups is 1. The fraction of sp³-hybridized carbons (Fsp3) is 0.409. The van der Waals surface area contributed by atoms with Gasteiger partial charge < -0.3 is 14.5 Å². The molecule has 4 heteroatoms. The Hall–Kier alpha value is -2.49. The molecule has 3 rings (SSSR count). The molecule has 4 nitrogen and oxygen atoms in total. The summed E-state index contributed by atoms with van der Waals surface area (Å²) in [5, 5.41) is 0. The first-order valence-corrected chi connectivity index (χ1v) is 9.30. The minimum absolute atomic E-state index is 0.254. The lowest BCUT2D eigenvalue weighted by atomic mass is 10.0. The highest BCUT2D eigenvalue weighted by Crippen LogP contribution is 2.28. The summed E-state index contributed by atoms with van der Waals surface area (Å²) in [6, 6.07) is 14.5. The molecule has 1 aliphatic heterocycles. The smallest absolute Gasteiger partial charge is 0.223 e. The van der Waals surface area contributed by atoms with E-state index in [1.54, 1.807) is 7.11 Å². The Morgan fingerprint density at radius 3 is 2.46 bits per heavy atom. The number of nitrogens with zero attached hydrogens (tertiary/aromatic N) is 2. The zero-order valence-electron chi connectivity index (χ0n) is 16.0. The summed E-state index contributed by atoms with van der Waals surface area (Å²) in [5.74, 6) is 1.15. The van der Waals surface area contributed by atoms with E-state index in [1.165, 1.54) is 16.7 Å². The minimum atomic E-state index is 0.254. The Morgan fingerprint density at radius 2 is 1.77 bits per heavy atom. The van der Waals surface area contributed by atoms with E-state index >= 15 is 0 Å². The lowest BCUT2D eigenvalue weighted by molar-refractivity contribution is -0.131. The number of piperazine rings is 1. The van der Waals surface area contributed by atoms with Gasteiger partial charge >= 0.3 is 0 Å². The molecule has 26 heavy (non-hydrogen) atoms. The first-order valence-electron chi connectivity index (χ1n) is 9.30. The highest BCUT2D eigenvalue weighted by Gasteiger charge is 2.22. The zero-order chi connectivity index (χ0) is 18.5. The molecule has 1 saturated heterocycles. The second kappa shape index (κ2) is 8.26. The molecule has 0 radical (unpaired) electrons. The first kappa shape index (κ1) is 18.3. The van der Waals surface area contributed by atoms with Crippen LogP contribution >= 0.6 is 0 Å². The van der Waals surface area contributed by atoms with Gasteiger partial charge in [0.25, 0.3) is 0 Å². The van der Waals surface area contributed by atoms with Gasteiger partial charge in [-0.05, 0) is 43.5 Å². The van der Waals surface area contributed by atoms with Gasteiger partial charge in [-0.2, -0.15) is 0 Å². The van der Waals surface area contributed by atoms with Gasteiger partial charge in [0.2, 0.25) is 5.91 Å². The van der Waals surface area contributed by atoms with Crippen molar-refractivity contribution in [3.05, 3.63) is 59.2 Å². The van der Waals surface area contributed by atoms with E-state index in [0.29, 0.717) is 6.42 Å². The Morgan fingerprint density at radius 1 is 1.04 bits per heavy atom. The van der Waals surface area contributed by atoms with Crippen LogP contribution in [0.4, 0.5) is 5.69 Å². The van der Waals surface area contributed by atoms with Gasteiger partial charge in [-0.25, -0.2) is 0 Å². The average Bonchev–Trinajstić information content (AvgIpc) is 2.67. The molecule has 1 aliphatic rings. The van der Waals surface area contributed by atoms with Crippen molar-refractivity contribution < 1.29 is 9.53 Å². The van der Waals surface area contributed by atoms with E-state index in [2.05, 4.69) is 43.0 Å². The molecule has 2 aromatic carbocycles. The number of amides is 1. The van der Waals surface area contributed by atoms with Crippen molar-refractivity contribution in [2.75, 3.05) is 38.2 Å². The van der Waals surface area contributed by atoms with E-state index in [-0.39, 0.29) is 5.91 Å². The lowest BCUT2D eigenvalue weighted by Crippen LogP contribution is -2.48. The van der Waals surface area contributed by atoms with Crippen molar-refractivity contribution in [3.8, 4) is 5.75 Å². The number of methoxy groups -OCH3 is 1. The molecule has 1 heterocycles. The second-order valence-electron chi connectivity index (χ2n) is 6.97. The summed E-state index contributed by atoms with van der Waals surface area (Å²) in [6.07, 6.45) is 1.40. The Balaban J connectivity index is 1.53.